The number of allylic oxidation sites excluding steroid dienone is 1. The van der Waals surface area contributed by atoms with E-state index in [1.165, 1.54) is 6.08 Å². The normalized spacial score (nSPS) is 25.3. The number of nitrogens with zero attached hydrogens (tertiary/aromatic N) is 1. The smallest absolute Gasteiger partial charge is 0.408 e. The third-order valence-corrected chi connectivity index (χ3v) is 4.51. The second-order valence-corrected chi connectivity index (χ2v) is 6.74. The van der Waals surface area contributed by atoms with Gasteiger partial charge >= 0.3 is 12.1 Å². The number of hydrogen-bond donors (Lipinski definition) is 2. The van der Waals surface area contributed by atoms with Crippen LogP contribution in [-0.4, -0.2) is 58.1 Å². The number of halogens is 1. The molecule has 7 heteroatoms. The number of rotatable bonds is 9. The summed E-state index contributed by atoms with van der Waals surface area (Å²) in [6, 6.07) is 0. The van der Waals surface area contributed by atoms with Crippen molar-refractivity contribution in [3.63, 3.8) is 0 Å². The molecule has 1 heterocycles. The number of aliphatic carboxylic acids is 1. The van der Waals surface area contributed by atoms with Crippen molar-refractivity contribution in [2.24, 2.45) is 5.41 Å². The number of hydrogen-bond acceptors (Lipinski definition) is 3. The van der Waals surface area contributed by atoms with Crippen LogP contribution in [0.4, 0.5) is 9.18 Å². The zero-order valence-electron chi connectivity index (χ0n) is 14.2. The largest absolute Gasteiger partial charge is 0.479 e. The minimum atomic E-state index is -1.97. The molecule has 0 bridgehead atoms. The zero-order chi connectivity index (χ0) is 18.5. The Hall–Kier alpha value is -1.89. The van der Waals surface area contributed by atoms with E-state index in [1.807, 2.05) is 0 Å². The molecule has 1 aliphatic rings. The molecule has 1 rings (SSSR count). The summed E-state index contributed by atoms with van der Waals surface area (Å²) < 4.78 is 19.8. The lowest BCUT2D eigenvalue weighted by molar-refractivity contribution is -0.168. The fourth-order valence-electron chi connectivity index (χ4n) is 3.46. The first kappa shape index (κ1) is 20.2. The van der Waals surface area contributed by atoms with Gasteiger partial charge in [-0.05, 0) is 18.3 Å². The van der Waals surface area contributed by atoms with Crippen LogP contribution in [0.3, 0.4) is 0 Å². The van der Waals surface area contributed by atoms with E-state index in [-0.39, 0.29) is 6.61 Å². The van der Waals surface area contributed by atoms with Gasteiger partial charge in [-0.1, -0.05) is 26.0 Å². The van der Waals surface area contributed by atoms with Crippen LogP contribution in [0.2, 0.25) is 0 Å². The quantitative estimate of drug-likeness (QED) is 0.628. The molecule has 3 atom stereocenters. The fraction of sp³-hybridized carbons (Fsp3) is 0.647. The summed E-state index contributed by atoms with van der Waals surface area (Å²) in [5.74, 6) is -1.40. The van der Waals surface area contributed by atoms with Crippen molar-refractivity contribution in [3.8, 4) is 0 Å². The Bertz CT molecular complexity index is 507. The van der Waals surface area contributed by atoms with Crippen molar-refractivity contribution in [2.45, 2.75) is 50.9 Å². The molecule has 0 spiro atoms. The molecule has 1 aliphatic heterocycles. The van der Waals surface area contributed by atoms with Crippen molar-refractivity contribution in [2.75, 3.05) is 13.2 Å². The Balaban J connectivity index is 3.41. The molecule has 0 radical (unpaired) electrons. The molecule has 0 aromatic heterocycles. The fourth-order valence-corrected chi connectivity index (χ4v) is 3.46. The predicted octanol–water partition coefficient (Wildman–Crippen LogP) is 3.10. The molecular weight excluding hydrogens is 317 g/mol. The number of carboxylic acid groups (broad SMARTS) is 2. The Kier molecular flexibility index (Phi) is 6.54. The van der Waals surface area contributed by atoms with Gasteiger partial charge in [-0.15, -0.1) is 13.2 Å². The van der Waals surface area contributed by atoms with Gasteiger partial charge in [0.05, 0.1) is 19.3 Å². The lowest BCUT2D eigenvalue weighted by Crippen LogP contribution is -2.64. The lowest BCUT2D eigenvalue weighted by atomic mass is 9.71. The third-order valence-electron chi connectivity index (χ3n) is 4.51. The topological polar surface area (TPSA) is 87.1 Å². The van der Waals surface area contributed by atoms with E-state index < -0.39 is 48.3 Å². The van der Waals surface area contributed by atoms with E-state index in [4.69, 9.17) is 4.74 Å². The van der Waals surface area contributed by atoms with Gasteiger partial charge in [0.2, 0.25) is 0 Å². The summed E-state index contributed by atoms with van der Waals surface area (Å²) in [6.07, 6.45) is -0.210. The SMILES string of the molecule is C=CCCC(C)(C)C(OCC=C)[C@]1(C(=O)O)C[C@@H](F)CN1C(=O)O. The number of carboxylic acids is 1. The van der Waals surface area contributed by atoms with Gasteiger partial charge in [0, 0.05) is 6.42 Å². The maximum Gasteiger partial charge on any atom is 0.408 e. The van der Waals surface area contributed by atoms with E-state index in [2.05, 4.69) is 13.2 Å². The summed E-state index contributed by atoms with van der Waals surface area (Å²) in [4.78, 5) is 24.4. The van der Waals surface area contributed by atoms with Crippen LogP contribution in [0.5, 0.6) is 0 Å². The molecular formula is C17H26FNO5. The van der Waals surface area contributed by atoms with Crippen LogP contribution >= 0.6 is 0 Å². The second-order valence-electron chi connectivity index (χ2n) is 6.74. The average molecular weight is 343 g/mol. The zero-order valence-corrected chi connectivity index (χ0v) is 14.2. The molecule has 1 fully saturated rings. The number of ether oxygens (including phenoxy) is 1. The van der Waals surface area contributed by atoms with Crippen molar-refractivity contribution < 1.29 is 28.9 Å². The highest BCUT2D eigenvalue weighted by atomic mass is 19.1. The first-order valence-corrected chi connectivity index (χ1v) is 7.85. The second kappa shape index (κ2) is 7.79. The van der Waals surface area contributed by atoms with Crippen molar-refractivity contribution >= 4 is 12.1 Å². The van der Waals surface area contributed by atoms with E-state index in [0.717, 1.165) is 0 Å². The van der Waals surface area contributed by atoms with Crippen molar-refractivity contribution in [1.29, 1.82) is 0 Å². The molecule has 24 heavy (non-hydrogen) atoms. The first-order valence-electron chi connectivity index (χ1n) is 7.85. The van der Waals surface area contributed by atoms with E-state index in [0.29, 0.717) is 17.7 Å². The van der Waals surface area contributed by atoms with E-state index in [9.17, 15) is 24.2 Å². The van der Waals surface area contributed by atoms with Crippen LogP contribution < -0.4 is 0 Å². The highest BCUT2D eigenvalue weighted by Gasteiger charge is 2.62. The Morgan fingerprint density at radius 1 is 1.42 bits per heavy atom. The lowest BCUT2D eigenvalue weighted by Gasteiger charge is -2.46. The Morgan fingerprint density at radius 3 is 2.50 bits per heavy atom. The molecule has 2 N–H and O–H groups in total. The van der Waals surface area contributed by atoms with Crippen molar-refractivity contribution in [3.05, 3.63) is 25.3 Å². The monoisotopic (exact) mass is 343 g/mol. The maximum atomic E-state index is 14.1. The maximum absolute atomic E-state index is 14.1. The molecule has 0 saturated carbocycles. The summed E-state index contributed by atoms with van der Waals surface area (Å²) in [5, 5.41) is 19.3. The standard InChI is InChI=1S/C17H26FNO5/c1-5-7-8-16(3,4)13(24-9-6-2)17(14(20)21)10-12(18)11-19(17)15(22)23/h5-6,12-13H,1-2,7-11H2,3-4H3,(H,20,21)(H,22,23)/t12-,13?,17+/m1/s1. The molecule has 0 aromatic rings. The van der Waals surface area contributed by atoms with Gasteiger partial charge in [-0.3, -0.25) is 4.90 Å². The van der Waals surface area contributed by atoms with E-state index >= 15 is 0 Å². The minimum absolute atomic E-state index is 0.0433. The molecule has 0 aromatic carbocycles. The number of likely N-dealkylation sites (tertiary alicyclic amines) is 1. The van der Waals surface area contributed by atoms with Gasteiger partial charge in [0.1, 0.15) is 6.17 Å². The van der Waals surface area contributed by atoms with E-state index in [1.54, 1.807) is 19.9 Å². The summed E-state index contributed by atoms with van der Waals surface area (Å²) in [5.41, 5.74) is -2.69. The minimum Gasteiger partial charge on any atom is -0.479 e. The van der Waals surface area contributed by atoms with Crippen LogP contribution in [0.25, 0.3) is 0 Å². The number of alkyl halides is 1. The summed E-state index contributed by atoms with van der Waals surface area (Å²) in [6.45, 7) is 10.3. The third kappa shape index (κ3) is 3.77. The number of carbonyl (C=O) groups is 2. The van der Waals surface area contributed by atoms with Gasteiger partial charge in [-0.25, -0.2) is 14.0 Å². The van der Waals surface area contributed by atoms with Crippen LogP contribution in [0.1, 0.15) is 33.1 Å². The van der Waals surface area contributed by atoms with Crippen LogP contribution in [0.15, 0.2) is 25.3 Å². The Morgan fingerprint density at radius 2 is 2.04 bits per heavy atom. The first-order chi connectivity index (χ1) is 11.1. The summed E-state index contributed by atoms with van der Waals surface area (Å²) >= 11 is 0. The van der Waals surface area contributed by atoms with Crippen molar-refractivity contribution in [1.82, 2.24) is 4.90 Å². The predicted molar refractivity (Wildman–Crippen MR) is 87.8 cm³/mol. The highest BCUT2D eigenvalue weighted by molar-refractivity contribution is 5.86. The molecule has 1 saturated heterocycles. The molecule has 6 nitrogen and oxygen atoms in total. The number of amides is 1. The summed E-state index contributed by atoms with van der Waals surface area (Å²) in [7, 11) is 0. The Labute approximate surface area is 141 Å². The average Bonchev–Trinajstić information content (AvgIpc) is 2.84. The molecule has 1 amide bonds. The molecule has 136 valence electrons. The highest BCUT2D eigenvalue weighted by Crippen LogP contribution is 2.45. The van der Waals surface area contributed by atoms with Gasteiger partial charge in [-0.2, -0.15) is 0 Å². The van der Waals surface area contributed by atoms with Gasteiger partial charge in [0.15, 0.2) is 5.54 Å². The van der Waals surface area contributed by atoms with Gasteiger partial charge < -0.3 is 14.9 Å². The van der Waals surface area contributed by atoms with Crippen LogP contribution in [-0.2, 0) is 9.53 Å². The molecule has 1 unspecified atom stereocenters. The van der Waals surface area contributed by atoms with Gasteiger partial charge in [0.25, 0.3) is 0 Å². The van der Waals surface area contributed by atoms with Crippen LogP contribution in [0, 0.1) is 5.41 Å². The molecule has 0 aliphatic carbocycles.